The Kier molecular flexibility index (Phi) is 64.3. The molecule has 0 aliphatic rings. The standard InChI is InChI=1S/C71H138O17P2/c1-5-9-13-17-20-23-26-29-32-33-34-37-40-43-46-50-54-58-71(76)88-67(62-82-69(74)56-52-48-44-41-38-35-30-27-24-21-18-14-10-6-2)64-86-90(79,80)84-60-65(72)59-83-89(77,78)85-63-66(61-81-68(73)55-51-47-16-12-8-4)87-70(75)57-53-49-45-42-39-36-31-28-25-22-19-15-11-7-3/h65-67,72H,5-64H2,1-4H3,(H,77,78)(H,79,80)/t65-,66+,67+/m0/s1. The van der Waals surface area contributed by atoms with Crippen molar-refractivity contribution in [3.8, 4) is 0 Å². The minimum absolute atomic E-state index is 0.107. The number of carbonyl (C=O) groups is 4. The van der Waals surface area contributed by atoms with Crippen LogP contribution in [-0.4, -0.2) is 96.7 Å². The summed E-state index contributed by atoms with van der Waals surface area (Å²) >= 11 is 0. The number of aliphatic hydroxyl groups is 1. The summed E-state index contributed by atoms with van der Waals surface area (Å²) in [4.78, 5) is 72.3. The van der Waals surface area contributed by atoms with Gasteiger partial charge in [-0.3, -0.25) is 37.3 Å². The number of esters is 4. The minimum Gasteiger partial charge on any atom is -0.462 e. The molecule has 0 saturated heterocycles. The van der Waals surface area contributed by atoms with E-state index in [0.29, 0.717) is 25.7 Å². The van der Waals surface area contributed by atoms with Crippen molar-refractivity contribution in [2.45, 2.75) is 393 Å². The third kappa shape index (κ3) is 64.8. The maximum absolute atomic E-state index is 13.0. The lowest BCUT2D eigenvalue weighted by Crippen LogP contribution is -2.30. The first-order valence-corrected chi connectivity index (χ1v) is 40.3. The summed E-state index contributed by atoms with van der Waals surface area (Å²) in [6.07, 6.45) is 54.4. The van der Waals surface area contributed by atoms with Gasteiger partial charge in [0, 0.05) is 25.7 Å². The highest BCUT2D eigenvalue weighted by Crippen LogP contribution is 2.45. The topological polar surface area (TPSA) is 237 Å². The summed E-state index contributed by atoms with van der Waals surface area (Å²) in [6, 6.07) is 0. The van der Waals surface area contributed by atoms with Gasteiger partial charge in [-0.2, -0.15) is 0 Å². The molecule has 3 N–H and O–H groups in total. The first-order chi connectivity index (χ1) is 43.7. The van der Waals surface area contributed by atoms with E-state index in [1.165, 1.54) is 199 Å². The molecular formula is C71H138O17P2. The van der Waals surface area contributed by atoms with Crippen LogP contribution in [0.4, 0.5) is 0 Å². The molecule has 90 heavy (non-hydrogen) atoms. The van der Waals surface area contributed by atoms with Crippen LogP contribution in [0.1, 0.15) is 374 Å². The number of hydrogen-bond acceptors (Lipinski definition) is 15. The summed E-state index contributed by atoms with van der Waals surface area (Å²) in [5.74, 6) is -2.13. The number of carbonyl (C=O) groups excluding carboxylic acids is 4. The van der Waals surface area contributed by atoms with Gasteiger partial charge < -0.3 is 33.8 Å². The number of unbranched alkanes of at least 4 members (excludes halogenated alkanes) is 46. The van der Waals surface area contributed by atoms with E-state index in [2.05, 4.69) is 27.7 Å². The second-order valence-corrected chi connectivity index (χ2v) is 28.5. The molecule has 0 heterocycles. The Balaban J connectivity index is 5.15. The Morgan fingerprint density at radius 1 is 0.267 bits per heavy atom. The van der Waals surface area contributed by atoms with Crippen molar-refractivity contribution in [3.05, 3.63) is 0 Å². The molecule has 17 nitrogen and oxygen atoms in total. The van der Waals surface area contributed by atoms with Crippen molar-refractivity contribution < 1.29 is 80.2 Å². The monoisotopic (exact) mass is 1320 g/mol. The Morgan fingerprint density at radius 3 is 0.656 bits per heavy atom. The molecule has 534 valence electrons. The molecule has 0 bridgehead atoms. The van der Waals surface area contributed by atoms with E-state index in [0.717, 1.165) is 96.3 Å². The van der Waals surface area contributed by atoms with E-state index in [-0.39, 0.29) is 25.7 Å². The van der Waals surface area contributed by atoms with E-state index in [1.54, 1.807) is 0 Å². The van der Waals surface area contributed by atoms with Crippen LogP contribution < -0.4 is 0 Å². The molecule has 19 heteroatoms. The second-order valence-electron chi connectivity index (χ2n) is 25.6. The molecule has 0 spiro atoms. The smallest absolute Gasteiger partial charge is 0.462 e. The lowest BCUT2D eigenvalue weighted by atomic mass is 10.0. The molecular weight excluding hydrogens is 1190 g/mol. The number of phosphoric acid groups is 2. The first-order valence-electron chi connectivity index (χ1n) is 37.3. The third-order valence-corrected chi connectivity index (χ3v) is 18.5. The zero-order valence-corrected chi connectivity index (χ0v) is 59.9. The van der Waals surface area contributed by atoms with Gasteiger partial charge in [0.05, 0.1) is 26.4 Å². The highest BCUT2D eigenvalue weighted by atomic mass is 31.2. The number of rotatable bonds is 72. The van der Waals surface area contributed by atoms with E-state index < -0.39 is 97.5 Å². The molecule has 0 saturated carbocycles. The van der Waals surface area contributed by atoms with Gasteiger partial charge in [-0.1, -0.05) is 323 Å². The number of ether oxygens (including phenoxy) is 4. The van der Waals surface area contributed by atoms with Crippen LogP contribution in [0.5, 0.6) is 0 Å². The molecule has 2 unspecified atom stereocenters. The van der Waals surface area contributed by atoms with Crippen molar-refractivity contribution in [1.82, 2.24) is 0 Å². The molecule has 0 aromatic heterocycles. The molecule has 0 aliphatic carbocycles. The maximum atomic E-state index is 13.0. The zero-order valence-electron chi connectivity index (χ0n) is 58.1. The van der Waals surface area contributed by atoms with Crippen LogP contribution in [-0.2, 0) is 65.4 Å². The molecule has 0 amide bonds. The van der Waals surface area contributed by atoms with E-state index in [1.807, 2.05) is 0 Å². The summed E-state index contributed by atoms with van der Waals surface area (Å²) in [5.41, 5.74) is 0. The number of phosphoric ester groups is 2. The van der Waals surface area contributed by atoms with Crippen molar-refractivity contribution in [3.63, 3.8) is 0 Å². The van der Waals surface area contributed by atoms with Crippen LogP contribution in [0.25, 0.3) is 0 Å². The minimum atomic E-state index is -4.95. The van der Waals surface area contributed by atoms with Gasteiger partial charge in [-0.15, -0.1) is 0 Å². The Labute approximate surface area is 549 Å². The van der Waals surface area contributed by atoms with Gasteiger partial charge in [-0.25, -0.2) is 9.13 Å². The molecule has 5 atom stereocenters. The highest BCUT2D eigenvalue weighted by molar-refractivity contribution is 7.47. The SMILES string of the molecule is CCCCCCCCCCCCCCCCCCCC(=O)O[C@H](COC(=O)CCCCCCCCCCCCCCCC)COP(=O)(O)OC[C@@H](O)COP(=O)(O)OC[C@@H](COC(=O)CCCCCCC)OC(=O)CCCCCCCCCCCCCCCC. The molecule has 0 aromatic rings. The van der Waals surface area contributed by atoms with Gasteiger partial charge in [0.2, 0.25) is 0 Å². The summed E-state index contributed by atoms with van der Waals surface area (Å²) < 4.78 is 68.1. The van der Waals surface area contributed by atoms with E-state index in [4.69, 9.17) is 37.0 Å². The molecule has 0 fully saturated rings. The van der Waals surface area contributed by atoms with Crippen LogP contribution in [0.2, 0.25) is 0 Å². The summed E-state index contributed by atoms with van der Waals surface area (Å²) in [6.45, 7) is 4.88. The Hall–Kier alpha value is -1.94. The second kappa shape index (κ2) is 65.7. The lowest BCUT2D eigenvalue weighted by molar-refractivity contribution is -0.161. The van der Waals surface area contributed by atoms with Crippen molar-refractivity contribution in [2.24, 2.45) is 0 Å². The summed E-state index contributed by atoms with van der Waals surface area (Å²) in [5, 5.41) is 10.6. The van der Waals surface area contributed by atoms with Crippen LogP contribution in [0, 0.1) is 0 Å². The van der Waals surface area contributed by atoms with E-state index >= 15 is 0 Å². The Bertz CT molecular complexity index is 1720. The predicted octanol–water partition coefficient (Wildman–Crippen LogP) is 20.7. The van der Waals surface area contributed by atoms with Crippen molar-refractivity contribution in [1.29, 1.82) is 0 Å². The molecule has 0 rings (SSSR count). The average molecular weight is 1330 g/mol. The maximum Gasteiger partial charge on any atom is 0.472 e. The van der Waals surface area contributed by atoms with Crippen LogP contribution in [0.15, 0.2) is 0 Å². The lowest BCUT2D eigenvalue weighted by Gasteiger charge is -2.21. The predicted molar refractivity (Wildman–Crippen MR) is 363 cm³/mol. The fraction of sp³-hybridized carbons (Fsp3) is 0.944. The third-order valence-electron chi connectivity index (χ3n) is 16.6. The fourth-order valence-electron chi connectivity index (χ4n) is 10.9. The average Bonchev–Trinajstić information content (AvgIpc) is 3.63. The van der Waals surface area contributed by atoms with Gasteiger partial charge in [0.25, 0.3) is 0 Å². The quantitative estimate of drug-likeness (QED) is 0.0222. The normalized spacial score (nSPS) is 14.0. The number of aliphatic hydroxyl groups excluding tert-OH is 1. The molecule has 0 aliphatic heterocycles. The van der Waals surface area contributed by atoms with Gasteiger partial charge in [0.15, 0.2) is 12.2 Å². The van der Waals surface area contributed by atoms with Crippen molar-refractivity contribution in [2.75, 3.05) is 39.6 Å². The molecule has 0 aromatic carbocycles. The Morgan fingerprint density at radius 2 is 0.444 bits per heavy atom. The number of hydrogen-bond donors (Lipinski definition) is 3. The highest BCUT2D eigenvalue weighted by Gasteiger charge is 2.30. The molecule has 0 radical (unpaired) electrons. The fourth-order valence-corrected chi connectivity index (χ4v) is 12.4. The van der Waals surface area contributed by atoms with E-state index in [9.17, 15) is 43.2 Å². The zero-order chi connectivity index (χ0) is 66.1. The van der Waals surface area contributed by atoms with Gasteiger partial charge in [-0.05, 0) is 25.7 Å². The van der Waals surface area contributed by atoms with Gasteiger partial charge >= 0.3 is 39.5 Å². The van der Waals surface area contributed by atoms with Crippen LogP contribution in [0.3, 0.4) is 0 Å². The first kappa shape index (κ1) is 88.1. The summed E-state index contributed by atoms with van der Waals surface area (Å²) in [7, 11) is -9.89. The largest absolute Gasteiger partial charge is 0.472 e. The van der Waals surface area contributed by atoms with Gasteiger partial charge in [0.1, 0.15) is 19.3 Å². The van der Waals surface area contributed by atoms with Crippen LogP contribution >= 0.6 is 15.6 Å². The van der Waals surface area contributed by atoms with Crippen molar-refractivity contribution >= 4 is 39.5 Å².